The predicted octanol–water partition coefficient (Wildman–Crippen LogP) is 0.325. The molecule has 0 aromatic heterocycles. The number of hydrogen-bond donors (Lipinski definition) is 2. The lowest BCUT2D eigenvalue weighted by molar-refractivity contribution is -0.132. The Kier molecular flexibility index (Phi) is 2.44. The summed E-state index contributed by atoms with van der Waals surface area (Å²) in [4.78, 5) is 23.2. The van der Waals surface area contributed by atoms with Gasteiger partial charge in [0.2, 0.25) is 11.8 Å². The van der Waals surface area contributed by atoms with Gasteiger partial charge in [-0.1, -0.05) is 19.3 Å². The number of carbonyl (C=O) groups is 2. The van der Waals surface area contributed by atoms with Crippen molar-refractivity contribution in [3.63, 3.8) is 0 Å². The summed E-state index contributed by atoms with van der Waals surface area (Å²) in [5.74, 6) is 0.0216. The average Bonchev–Trinajstić information content (AvgIpc) is 2.29. The van der Waals surface area contributed by atoms with Crippen molar-refractivity contribution in [2.75, 3.05) is 6.54 Å². The fourth-order valence-corrected chi connectivity index (χ4v) is 2.35. The Bertz CT molecular complexity index is 257. The third-order valence-corrected chi connectivity index (χ3v) is 3.16. The summed E-state index contributed by atoms with van der Waals surface area (Å²) < 4.78 is 0. The maximum atomic E-state index is 11.8. The zero-order chi connectivity index (χ0) is 10.0. The third kappa shape index (κ3) is 1.61. The van der Waals surface area contributed by atoms with E-state index in [1.54, 1.807) is 0 Å². The van der Waals surface area contributed by atoms with Gasteiger partial charge in [0.25, 0.3) is 0 Å². The molecule has 0 radical (unpaired) electrons. The fourth-order valence-electron chi connectivity index (χ4n) is 2.35. The van der Waals surface area contributed by atoms with Crippen molar-refractivity contribution in [1.29, 1.82) is 0 Å². The molecule has 0 aromatic rings. The molecule has 0 atom stereocenters. The number of hydrogen-bond acceptors (Lipinski definition) is 2. The highest BCUT2D eigenvalue weighted by atomic mass is 16.2. The van der Waals surface area contributed by atoms with Crippen molar-refractivity contribution in [2.24, 2.45) is 0 Å². The first-order chi connectivity index (χ1) is 6.73. The minimum absolute atomic E-state index is 0.00486. The van der Waals surface area contributed by atoms with Crippen LogP contribution in [-0.2, 0) is 9.59 Å². The van der Waals surface area contributed by atoms with E-state index in [4.69, 9.17) is 0 Å². The Morgan fingerprint density at radius 2 is 1.79 bits per heavy atom. The van der Waals surface area contributed by atoms with E-state index in [1.807, 2.05) is 0 Å². The predicted molar refractivity (Wildman–Crippen MR) is 51.6 cm³/mol. The number of carbonyl (C=O) groups excluding carboxylic acids is 2. The molecule has 4 nitrogen and oxygen atoms in total. The second kappa shape index (κ2) is 3.59. The minimum Gasteiger partial charge on any atom is -0.354 e. The highest BCUT2D eigenvalue weighted by Gasteiger charge is 2.41. The van der Waals surface area contributed by atoms with Crippen LogP contribution in [0.25, 0.3) is 0 Å². The van der Waals surface area contributed by atoms with Gasteiger partial charge in [-0.15, -0.1) is 0 Å². The summed E-state index contributed by atoms with van der Waals surface area (Å²) in [6.45, 7) is 0.479. The van der Waals surface area contributed by atoms with Gasteiger partial charge in [-0.2, -0.15) is 0 Å². The summed E-state index contributed by atoms with van der Waals surface area (Å²) >= 11 is 0. The third-order valence-electron chi connectivity index (χ3n) is 3.16. The van der Waals surface area contributed by atoms with Crippen LogP contribution in [0.1, 0.15) is 38.5 Å². The normalized spacial score (nSPS) is 26.6. The van der Waals surface area contributed by atoms with Crippen LogP contribution in [0.5, 0.6) is 0 Å². The van der Waals surface area contributed by atoms with Crippen molar-refractivity contribution in [3.05, 3.63) is 0 Å². The van der Waals surface area contributed by atoms with E-state index in [9.17, 15) is 9.59 Å². The molecule has 1 spiro atoms. The molecule has 78 valence electrons. The van der Waals surface area contributed by atoms with Crippen molar-refractivity contribution in [2.45, 2.75) is 44.1 Å². The standard InChI is InChI=1S/C10H16N2O2/c13-8-4-7-11-9(14)10(12-8)5-2-1-3-6-10/h1-7H2,(H,11,14)(H,12,13). The monoisotopic (exact) mass is 196 g/mol. The molecule has 1 saturated heterocycles. The highest BCUT2D eigenvalue weighted by Crippen LogP contribution is 2.29. The maximum absolute atomic E-state index is 11.8. The Hall–Kier alpha value is -1.06. The smallest absolute Gasteiger partial charge is 0.245 e. The van der Waals surface area contributed by atoms with Gasteiger partial charge in [-0.25, -0.2) is 0 Å². The molecule has 1 aliphatic carbocycles. The first-order valence-electron chi connectivity index (χ1n) is 5.32. The zero-order valence-electron chi connectivity index (χ0n) is 8.27. The van der Waals surface area contributed by atoms with Gasteiger partial charge < -0.3 is 10.6 Å². The summed E-state index contributed by atoms with van der Waals surface area (Å²) in [6.07, 6.45) is 5.24. The van der Waals surface area contributed by atoms with Crippen LogP contribution in [0.4, 0.5) is 0 Å². The van der Waals surface area contributed by atoms with E-state index in [2.05, 4.69) is 10.6 Å². The van der Waals surface area contributed by atoms with E-state index in [1.165, 1.54) is 6.42 Å². The average molecular weight is 196 g/mol. The van der Waals surface area contributed by atoms with Gasteiger partial charge in [0.05, 0.1) is 0 Å². The molecule has 2 fully saturated rings. The van der Waals surface area contributed by atoms with Gasteiger partial charge in [0, 0.05) is 13.0 Å². The molecule has 0 unspecified atom stereocenters. The quantitative estimate of drug-likeness (QED) is 0.586. The Balaban J connectivity index is 2.18. The van der Waals surface area contributed by atoms with Crippen molar-refractivity contribution < 1.29 is 9.59 Å². The van der Waals surface area contributed by atoms with Crippen LogP contribution in [0.2, 0.25) is 0 Å². The van der Waals surface area contributed by atoms with E-state index >= 15 is 0 Å². The molecule has 0 aromatic carbocycles. The molecule has 2 aliphatic rings. The second-order valence-electron chi connectivity index (χ2n) is 4.20. The molecule has 2 amide bonds. The Morgan fingerprint density at radius 1 is 1.07 bits per heavy atom. The van der Waals surface area contributed by atoms with Crippen LogP contribution < -0.4 is 10.6 Å². The van der Waals surface area contributed by atoms with Crippen LogP contribution in [-0.4, -0.2) is 23.9 Å². The lowest BCUT2D eigenvalue weighted by atomic mass is 9.81. The van der Waals surface area contributed by atoms with E-state index in [-0.39, 0.29) is 11.8 Å². The molecule has 1 aliphatic heterocycles. The maximum Gasteiger partial charge on any atom is 0.245 e. The lowest BCUT2D eigenvalue weighted by Crippen LogP contribution is -2.57. The molecular formula is C10H16N2O2. The Labute approximate surface area is 83.4 Å². The second-order valence-corrected chi connectivity index (χ2v) is 4.20. The van der Waals surface area contributed by atoms with Crippen LogP contribution in [0.3, 0.4) is 0 Å². The van der Waals surface area contributed by atoms with Gasteiger partial charge in [-0.3, -0.25) is 9.59 Å². The summed E-state index contributed by atoms with van der Waals surface area (Å²) in [5, 5.41) is 5.71. The van der Waals surface area contributed by atoms with Gasteiger partial charge in [0.1, 0.15) is 5.54 Å². The Morgan fingerprint density at radius 3 is 2.50 bits per heavy atom. The van der Waals surface area contributed by atoms with Crippen molar-refractivity contribution in [1.82, 2.24) is 10.6 Å². The van der Waals surface area contributed by atoms with Crippen LogP contribution in [0.15, 0.2) is 0 Å². The largest absolute Gasteiger partial charge is 0.354 e. The van der Waals surface area contributed by atoms with Gasteiger partial charge in [0.15, 0.2) is 0 Å². The van der Waals surface area contributed by atoms with E-state index in [0.717, 1.165) is 25.7 Å². The van der Waals surface area contributed by atoms with Crippen LogP contribution >= 0.6 is 0 Å². The lowest BCUT2D eigenvalue weighted by Gasteiger charge is -2.34. The van der Waals surface area contributed by atoms with Crippen molar-refractivity contribution >= 4 is 11.8 Å². The zero-order valence-corrected chi connectivity index (χ0v) is 8.27. The van der Waals surface area contributed by atoms with Gasteiger partial charge >= 0.3 is 0 Å². The summed E-state index contributed by atoms with van der Waals surface area (Å²) in [6, 6.07) is 0. The molecule has 4 heteroatoms. The van der Waals surface area contributed by atoms with E-state index < -0.39 is 5.54 Å². The van der Waals surface area contributed by atoms with Gasteiger partial charge in [-0.05, 0) is 12.8 Å². The van der Waals surface area contributed by atoms with Crippen LogP contribution in [0, 0.1) is 0 Å². The number of nitrogens with one attached hydrogen (secondary N) is 2. The highest BCUT2D eigenvalue weighted by molar-refractivity contribution is 5.93. The first-order valence-corrected chi connectivity index (χ1v) is 5.32. The number of rotatable bonds is 0. The molecular weight excluding hydrogens is 180 g/mol. The molecule has 14 heavy (non-hydrogen) atoms. The fraction of sp³-hybridized carbons (Fsp3) is 0.800. The topological polar surface area (TPSA) is 58.2 Å². The molecule has 2 N–H and O–H groups in total. The number of amides is 2. The summed E-state index contributed by atoms with van der Waals surface area (Å²) in [5.41, 5.74) is -0.578. The SMILES string of the molecule is O=C1CCNC(=O)C2(CCCCC2)N1. The van der Waals surface area contributed by atoms with E-state index in [0.29, 0.717) is 13.0 Å². The minimum atomic E-state index is -0.578. The molecule has 0 bridgehead atoms. The van der Waals surface area contributed by atoms with Crippen molar-refractivity contribution in [3.8, 4) is 0 Å². The summed E-state index contributed by atoms with van der Waals surface area (Å²) in [7, 11) is 0. The molecule has 1 saturated carbocycles. The molecule has 2 rings (SSSR count). The molecule has 1 heterocycles. The first kappa shape index (κ1) is 9.49.